The van der Waals surface area contributed by atoms with Crippen LogP contribution in [0, 0.1) is 0 Å². The third-order valence-electron chi connectivity index (χ3n) is 2.87. The summed E-state index contributed by atoms with van der Waals surface area (Å²) >= 11 is 11.9. The summed E-state index contributed by atoms with van der Waals surface area (Å²) in [7, 11) is 0. The average Bonchev–Trinajstić information content (AvgIpc) is 2.42. The van der Waals surface area contributed by atoms with Gasteiger partial charge in [0.05, 0.1) is 0 Å². The van der Waals surface area contributed by atoms with E-state index >= 15 is 0 Å². The summed E-state index contributed by atoms with van der Waals surface area (Å²) < 4.78 is 0. The van der Waals surface area contributed by atoms with Crippen molar-refractivity contribution < 1.29 is 5.11 Å². The smallest absolute Gasteiger partial charge is 0.223 e. The van der Waals surface area contributed by atoms with Gasteiger partial charge < -0.3 is 15.7 Å². The van der Waals surface area contributed by atoms with Crippen molar-refractivity contribution in [1.29, 1.82) is 0 Å². The molecule has 5 nitrogen and oxygen atoms in total. The highest BCUT2D eigenvalue weighted by Crippen LogP contribution is 2.21. The highest BCUT2D eigenvalue weighted by atomic mass is 35.5. The molecule has 0 bridgehead atoms. The minimum absolute atomic E-state index is 0.0976. The number of nitrogen functional groups attached to an aromatic ring is 1. The summed E-state index contributed by atoms with van der Waals surface area (Å²) in [4.78, 5) is 10.0. The van der Waals surface area contributed by atoms with Gasteiger partial charge in [-0.2, -0.15) is 4.98 Å². The van der Waals surface area contributed by atoms with Crippen molar-refractivity contribution in [2.75, 3.05) is 23.8 Å². The number of aliphatic hydroxyl groups is 1. The first kappa shape index (κ1) is 15.8. The molecule has 21 heavy (non-hydrogen) atoms. The molecule has 112 valence electrons. The van der Waals surface area contributed by atoms with Crippen LogP contribution in [0.1, 0.15) is 12.0 Å². The van der Waals surface area contributed by atoms with Gasteiger partial charge in [0.25, 0.3) is 0 Å². The van der Waals surface area contributed by atoms with Gasteiger partial charge in [-0.3, -0.25) is 0 Å². The third-order valence-corrected chi connectivity index (χ3v) is 3.30. The first-order valence-corrected chi connectivity index (χ1v) is 7.24. The molecule has 0 amide bonds. The van der Waals surface area contributed by atoms with Crippen molar-refractivity contribution in [3.8, 4) is 0 Å². The van der Waals surface area contributed by atoms with E-state index < -0.39 is 0 Å². The normalized spacial score (nSPS) is 10.6. The van der Waals surface area contributed by atoms with Crippen LogP contribution < -0.4 is 10.6 Å². The number of hydrogen-bond acceptors (Lipinski definition) is 5. The van der Waals surface area contributed by atoms with E-state index in [0.717, 1.165) is 5.56 Å². The van der Waals surface area contributed by atoms with Gasteiger partial charge in [0.2, 0.25) is 5.95 Å². The summed E-state index contributed by atoms with van der Waals surface area (Å²) in [5, 5.41) is 10.0. The molecule has 3 N–H and O–H groups in total. The lowest BCUT2D eigenvalue weighted by molar-refractivity contribution is 0.289. The summed E-state index contributed by atoms with van der Waals surface area (Å²) in [6.07, 6.45) is 0.613. The average molecular weight is 327 g/mol. The molecule has 0 aliphatic heterocycles. The number of anilines is 2. The second-order valence-corrected chi connectivity index (χ2v) is 5.36. The second-order valence-electron chi connectivity index (χ2n) is 4.54. The molecule has 0 spiro atoms. The van der Waals surface area contributed by atoms with Gasteiger partial charge in [-0.05, 0) is 24.1 Å². The number of rotatable bonds is 6. The van der Waals surface area contributed by atoms with Gasteiger partial charge >= 0.3 is 0 Å². The van der Waals surface area contributed by atoms with Gasteiger partial charge in [-0.1, -0.05) is 35.3 Å². The zero-order chi connectivity index (χ0) is 15.2. The van der Waals surface area contributed by atoms with E-state index in [2.05, 4.69) is 9.97 Å². The standard InChI is InChI=1S/C14H16Cl2N4O/c15-11-4-1-3-10(7-11)9-20(5-2-6-21)13-8-12(16)18-14(17)19-13/h1,3-4,7-8,21H,2,5-6,9H2,(H2,17,18,19). The summed E-state index contributed by atoms with van der Waals surface area (Å²) in [6, 6.07) is 9.23. The fourth-order valence-corrected chi connectivity index (χ4v) is 2.37. The van der Waals surface area contributed by atoms with Crippen molar-refractivity contribution in [2.45, 2.75) is 13.0 Å². The van der Waals surface area contributed by atoms with Crippen LogP contribution in [0.25, 0.3) is 0 Å². The molecule has 0 aliphatic rings. The molecular formula is C14H16Cl2N4O. The third kappa shape index (κ3) is 4.74. The molecule has 0 fully saturated rings. The first-order valence-electron chi connectivity index (χ1n) is 6.49. The summed E-state index contributed by atoms with van der Waals surface area (Å²) in [5.74, 6) is 0.749. The predicted molar refractivity (Wildman–Crippen MR) is 85.7 cm³/mol. The van der Waals surface area contributed by atoms with E-state index in [0.29, 0.717) is 30.4 Å². The molecule has 7 heteroatoms. The molecule has 0 aliphatic carbocycles. The maximum Gasteiger partial charge on any atom is 0.223 e. The minimum Gasteiger partial charge on any atom is -0.396 e. The Balaban J connectivity index is 2.25. The second kappa shape index (κ2) is 7.45. The van der Waals surface area contributed by atoms with Crippen LogP contribution in [-0.2, 0) is 6.54 Å². The lowest BCUT2D eigenvalue weighted by Gasteiger charge is -2.24. The van der Waals surface area contributed by atoms with Crippen molar-refractivity contribution in [2.24, 2.45) is 0 Å². The quantitative estimate of drug-likeness (QED) is 0.798. The monoisotopic (exact) mass is 326 g/mol. The maximum absolute atomic E-state index is 9.05. The number of halogens is 2. The van der Waals surface area contributed by atoms with Crippen molar-refractivity contribution >= 4 is 35.0 Å². The van der Waals surface area contributed by atoms with E-state index in [1.165, 1.54) is 0 Å². The predicted octanol–water partition coefficient (Wildman–Crippen LogP) is 2.75. The summed E-state index contributed by atoms with van der Waals surface area (Å²) in [6.45, 7) is 1.31. The Morgan fingerprint density at radius 3 is 2.67 bits per heavy atom. The zero-order valence-corrected chi connectivity index (χ0v) is 12.8. The van der Waals surface area contributed by atoms with Crippen LogP contribution in [0.2, 0.25) is 10.2 Å². The fraction of sp³-hybridized carbons (Fsp3) is 0.286. The Bertz CT molecular complexity index is 589. The van der Waals surface area contributed by atoms with Crippen LogP contribution in [-0.4, -0.2) is 28.2 Å². The minimum atomic E-state index is 0.0976. The van der Waals surface area contributed by atoms with E-state index in [1.807, 2.05) is 29.2 Å². The number of hydrogen-bond donors (Lipinski definition) is 2. The number of benzene rings is 1. The van der Waals surface area contributed by atoms with Gasteiger partial charge in [-0.15, -0.1) is 0 Å². The number of nitrogens with two attached hydrogens (primary N) is 1. The first-order chi connectivity index (χ1) is 10.1. The van der Waals surface area contributed by atoms with Gasteiger partial charge in [-0.25, -0.2) is 4.98 Å². The largest absolute Gasteiger partial charge is 0.396 e. The topological polar surface area (TPSA) is 75.3 Å². The molecule has 0 radical (unpaired) electrons. The molecular weight excluding hydrogens is 311 g/mol. The molecule has 1 heterocycles. The van der Waals surface area contributed by atoms with Gasteiger partial charge in [0, 0.05) is 30.8 Å². The summed E-state index contributed by atoms with van der Waals surface area (Å²) in [5.41, 5.74) is 6.68. The van der Waals surface area contributed by atoms with Crippen LogP contribution in [0.15, 0.2) is 30.3 Å². The van der Waals surface area contributed by atoms with Crippen molar-refractivity contribution in [3.63, 3.8) is 0 Å². The molecule has 2 rings (SSSR count). The van der Waals surface area contributed by atoms with Gasteiger partial charge in [0.1, 0.15) is 11.0 Å². The Morgan fingerprint density at radius 1 is 1.19 bits per heavy atom. The molecule has 2 aromatic rings. The molecule has 0 unspecified atom stereocenters. The maximum atomic E-state index is 9.05. The molecule has 1 aromatic heterocycles. The number of nitrogens with zero attached hydrogens (tertiary/aromatic N) is 3. The molecule has 0 atom stereocenters. The van der Waals surface area contributed by atoms with Crippen molar-refractivity contribution in [1.82, 2.24) is 9.97 Å². The molecule has 1 aromatic carbocycles. The zero-order valence-electron chi connectivity index (χ0n) is 11.3. The number of aromatic nitrogens is 2. The highest BCUT2D eigenvalue weighted by Gasteiger charge is 2.11. The lowest BCUT2D eigenvalue weighted by Crippen LogP contribution is -2.26. The van der Waals surface area contributed by atoms with Gasteiger partial charge in [0.15, 0.2) is 0 Å². The van der Waals surface area contributed by atoms with Crippen LogP contribution >= 0.6 is 23.2 Å². The van der Waals surface area contributed by atoms with E-state index in [1.54, 1.807) is 6.07 Å². The van der Waals surface area contributed by atoms with Crippen molar-refractivity contribution in [3.05, 3.63) is 46.1 Å². The fourth-order valence-electron chi connectivity index (χ4n) is 1.98. The van der Waals surface area contributed by atoms with E-state index in [-0.39, 0.29) is 17.7 Å². The van der Waals surface area contributed by atoms with E-state index in [9.17, 15) is 0 Å². The number of aliphatic hydroxyl groups excluding tert-OH is 1. The lowest BCUT2D eigenvalue weighted by atomic mass is 10.2. The SMILES string of the molecule is Nc1nc(Cl)cc(N(CCCO)Cc2cccc(Cl)c2)n1. The molecule has 0 saturated carbocycles. The highest BCUT2D eigenvalue weighted by molar-refractivity contribution is 6.30. The Hall–Kier alpha value is -1.56. The van der Waals surface area contributed by atoms with Crippen LogP contribution in [0.3, 0.4) is 0 Å². The van der Waals surface area contributed by atoms with Crippen LogP contribution in [0.5, 0.6) is 0 Å². The van der Waals surface area contributed by atoms with Crippen LogP contribution in [0.4, 0.5) is 11.8 Å². The van der Waals surface area contributed by atoms with E-state index in [4.69, 9.17) is 34.0 Å². The Morgan fingerprint density at radius 2 is 2.00 bits per heavy atom. The Labute approximate surface area is 133 Å². The molecule has 0 saturated heterocycles. The Kier molecular flexibility index (Phi) is 5.61.